The average molecular weight is 342 g/mol. The highest BCUT2D eigenvalue weighted by Crippen LogP contribution is 2.36. The summed E-state index contributed by atoms with van der Waals surface area (Å²) in [6.07, 6.45) is 3.87. The van der Waals surface area contributed by atoms with Crippen LogP contribution in [0, 0.1) is 0 Å². The smallest absolute Gasteiger partial charge is 0.251 e. The van der Waals surface area contributed by atoms with Gasteiger partial charge in [0, 0.05) is 23.0 Å². The molecule has 2 aromatic carbocycles. The van der Waals surface area contributed by atoms with Gasteiger partial charge in [-0.25, -0.2) is 0 Å². The maximum Gasteiger partial charge on any atom is 0.251 e. The van der Waals surface area contributed by atoms with Crippen LogP contribution in [0.15, 0.2) is 54.7 Å². The molecule has 5 heteroatoms. The van der Waals surface area contributed by atoms with Crippen molar-refractivity contribution in [1.29, 1.82) is 0 Å². The Morgan fingerprint density at radius 3 is 2.85 bits per heavy atom. The van der Waals surface area contributed by atoms with Gasteiger partial charge in [0.1, 0.15) is 0 Å². The number of aromatic amines is 2. The van der Waals surface area contributed by atoms with Gasteiger partial charge in [0.05, 0.1) is 17.6 Å². The third kappa shape index (κ3) is 2.40. The molecule has 0 fully saturated rings. The van der Waals surface area contributed by atoms with E-state index in [4.69, 9.17) is 0 Å². The van der Waals surface area contributed by atoms with Crippen LogP contribution < -0.4 is 5.32 Å². The molecule has 5 nitrogen and oxygen atoms in total. The molecule has 5 rings (SSSR count). The van der Waals surface area contributed by atoms with Gasteiger partial charge < -0.3 is 10.3 Å². The van der Waals surface area contributed by atoms with Crippen LogP contribution in [0.3, 0.4) is 0 Å². The number of amides is 1. The SMILES string of the molecule is O=C(NCc1ccccc1)c1ccc2c3c([nH]c2c1)-c1[nH]ncc1CC3. The molecule has 0 bridgehead atoms. The van der Waals surface area contributed by atoms with Crippen LogP contribution in [0.4, 0.5) is 0 Å². The molecule has 128 valence electrons. The molecule has 0 spiro atoms. The third-order valence-electron chi connectivity index (χ3n) is 5.08. The van der Waals surface area contributed by atoms with E-state index < -0.39 is 0 Å². The molecule has 26 heavy (non-hydrogen) atoms. The topological polar surface area (TPSA) is 73.6 Å². The van der Waals surface area contributed by atoms with Crippen LogP contribution in [0.1, 0.15) is 27.0 Å². The maximum absolute atomic E-state index is 12.5. The molecule has 2 aromatic heterocycles. The zero-order valence-corrected chi connectivity index (χ0v) is 14.2. The number of carbonyl (C=O) groups excluding carboxylic acids is 1. The number of nitrogens with zero attached hydrogens (tertiary/aromatic N) is 1. The van der Waals surface area contributed by atoms with E-state index in [2.05, 4.69) is 20.5 Å². The number of H-pyrrole nitrogens is 2. The van der Waals surface area contributed by atoms with E-state index >= 15 is 0 Å². The van der Waals surface area contributed by atoms with E-state index in [1.165, 1.54) is 16.5 Å². The van der Waals surface area contributed by atoms with E-state index in [1.54, 1.807) is 0 Å². The van der Waals surface area contributed by atoms with Gasteiger partial charge in [-0.1, -0.05) is 36.4 Å². The van der Waals surface area contributed by atoms with Crippen LogP contribution >= 0.6 is 0 Å². The Hall–Kier alpha value is -3.34. The highest BCUT2D eigenvalue weighted by molar-refractivity contribution is 6.00. The predicted molar refractivity (Wildman–Crippen MR) is 101 cm³/mol. The Morgan fingerprint density at radius 1 is 1.08 bits per heavy atom. The summed E-state index contributed by atoms with van der Waals surface area (Å²) in [4.78, 5) is 16.0. The molecule has 0 atom stereocenters. The summed E-state index contributed by atoms with van der Waals surface area (Å²) in [6.45, 7) is 0.524. The number of hydrogen-bond acceptors (Lipinski definition) is 2. The zero-order valence-electron chi connectivity index (χ0n) is 14.2. The summed E-state index contributed by atoms with van der Waals surface area (Å²) >= 11 is 0. The fraction of sp³-hybridized carbons (Fsp3) is 0.143. The van der Waals surface area contributed by atoms with Crippen molar-refractivity contribution in [3.05, 3.63) is 77.0 Å². The van der Waals surface area contributed by atoms with Crippen molar-refractivity contribution < 1.29 is 4.79 Å². The molecule has 4 aromatic rings. The summed E-state index contributed by atoms with van der Waals surface area (Å²) in [5.41, 5.74) is 7.45. The lowest BCUT2D eigenvalue weighted by atomic mass is 9.94. The Balaban J connectivity index is 1.45. The molecule has 0 saturated heterocycles. The first-order chi connectivity index (χ1) is 12.8. The quantitative estimate of drug-likeness (QED) is 0.532. The molecule has 1 aliphatic carbocycles. The lowest BCUT2D eigenvalue weighted by Crippen LogP contribution is -2.22. The zero-order chi connectivity index (χ0) is 17.5. The minimum Gasteiger partial charge on any atom is -0.353 e. The summed E-state index contributed by atoms with van der Waals surface area (Å²) in [6, 6.07) is 15.8. The maximum atomic E-state index is 12.5. The molecule has 0 saturated carbocycles. The minimum atomic E-state index is -0.0643. The first kappa shape index (κ1) is 15.0. The molecule has 1 amide bonds. The second-order valence-corrected chi connectivity index (χ2v) is 6.68. The largest absolute Gasteiger partial charge is 0.353 e. The van der Waals surface area contributed by atoms with Gasteiger partial charge in [-0.3, -0.25) is 9.89 Å². The fourth-order valence-corrected chi connectivity index (χ4v) is 3.73. The van der Waals surface area contributed by atoms with Crippen molar-refractivity contribution in [2.24, 2.45) is 0 Å². The highest BCUT2D eigenvalue weighted by atomic mass is 16.1. The average Bonchev–Trinajstić information content (AvgIpc) is 3.30. The van der Waals surface area contributed by atoms with Gasteiger partial charge in [0.15, 0.2) is 0 Å². The summed E-state index contributed by atoms with van der Waals surface area (Å²) in [5, 5.41) is 11.4. The Bertz CT molecular complexity index is 1110. The van der Waals surface area contributed by atoms with Crippen molar-refractivity contribution in [3.63, 3.8) is 0 Å². The molecule has 0 aliphatic heterocycles. The fourth-order valence-electron chi connectivity index (χ4n) is 3.73. The van der Waals surface area contributed by atoms with E-state index in [-0.39, 0.29) is 5.91 Å². The van der Waals surface area contributed by atoms with Crippen LogP contribution in [-0.2, 0) is 19.4 Å². The molecule has 0 unspecified atom stereocenters. The first-order valence-corrected chi connectivity index (χ1v) is 8.79. The molecular weight excluding hydrogens is 324 g/mol. The highest BCUT2D eigenvalue weighted by Gasteiger charge is 2.22. The summed E-state index contributed by atoms with van der Waals surface area (Å²) < 4.78 is 0. The monoisotopic (exact) mass is 342 g/mol. The number of nitrogens with one attached hydrogen (secondary N) is 3. The molecule has 0 radical (unpaired) electrons. The van der Waals surface area contributed by atoms with Crippen LogP contribution in [0.2, 0.25) is 0 Å². The van der Waals surface area contributed by atoms with Gasteiger partial charge in [0.2, 0.25) is 0 Å². The van der Waals surface area contributed by atoms with Crippen molar-refractivity contribution in [2.75, 3.05) is 0 Å². The van der Waals surface area contributed by atoms with Crippen molar-refractivity contribution >= 4 is 16.8 Å². The lowest BCUT2D eigenvalue weighted by Gasteiger charge is -2.11. The first-order valence-electron chi connectivity index (χ1n) is 8.79. The van der Waals surface area contributed by atoms with E-state index in [0.717, 1.165) is 35.3 Å². The van der Waals surface area contributed by atoms with Crippen molar-refractivity contribution in [2.45, 2.75) is 19.4 Å². The third-order valence-corrected chi connectivity index (χ3v) is 5.08. The minimum absolute atomic E-state index is 0.0643. The summed E-state index contributed by atoms with van der Waals surface area (Å²) in [7, 11) is 0. The molecular formula is C21H18N4O. The van der Waals surface area contributed by atoms with Gasteiger partial charge in [0.25, 0.3) is 5.91 Å². The van der Waals surface area contributed by atoms with E-state index in [9.17, 15) is 4.79 Å². The van der Waals surface area contributed by atoms with Crippen LogP contribution in [-0.4, -0.2) is 21.1 Å². The van der Waals surface area contributed by atoms with Gasteiger partial charge in [-0.15, -0.1) is 0 Å². The second-order valence-electron chi connectivity index (χ2n) is 6.68. The second kappa shape index (κ2) is 5.88. The standard InChI is InChI=1S/C21H18N4O/c26-21(22-11-13-4-2-1-3-5-13)14-6-8-16-17-9-7-15-12-23-25-19(15)20(17)24-18(16)10-14/h1-6,8,10,12,24H,7,9,11H2,(H,22,26)(H,23,25). The predicted octanol–water partition coefficient (Wildman–Crippen LogP) is 3.59. The normalized spacial score (nSPS) is 12.6. The number of carbonyl (C=O) groups is 1. The van der Waals surface area contributed by atoms with Crippen molar-refractivity contribution in [1.82, 2.24) is 20.5 Å². The van der Waals surface area contributed by atoms with Gasteiger partial charge in [-0.2, -0.15) is 5.10 Å². The molecule has 1 aliphatic rings. The summed E-state index contributed by atoms with van der Waals surface area (Å²) in [5.74, 6) is -0.0643. The Labute approximate surface area is 150 Å². The lowest BCUT2D eigenvalue weighted by molar-refractivity contribution is 0.0951. The number of benzene rings is 2. The number of hydrogen-bond donors (Lipinski definition) is 3. The van der Waals surface area contributed by atoms with Crippen LogP contribution in [0.5, 0.6) is 0 Å². The van der Waals surface area contributed by atoms with Gasteiger partial charge in [-0.05, 0) is 41.7 Å². The number of rotatable bonds is 3. The van der Waals surface area contributed by atoms with E-state index in [1.807, 2.05) is 54.7 Å². The molecule has 2 heterocycles. The number of fused-ring (bicyclic) bond motifs is 5. The molecule has 3 N–H and O–H groups in total. The number of aromatic nitrogens is 3. The van der Waals surface area contributed by atoms with Gasteiger partial charge >= 0.3 is 0 Å². The van der Waals surface area contributed by atoms with E-state index in [0.29, 0.717) is 12.1 Å². The number of aryl methyl sites for hydroxylation is 2. The Morgan fingerprint density at radius 2 is 1.96 bits per heavy atom. The van der Waals surface area contributed by atoms with Crippen LogP contribution in [0.25, 0.3) is 22.3 Å². The Kier molecular flexibility index (Phi) is 3.38. The van der Waals surface area contributed by atoms with Crippen molar-refractivity contribution in [3.8, 4) is 11.4 Å².